The van der Waals surface area contributed by atoms with Gasteiger partial charge in [-0.15, -0.1) is 0 Å². The monoisotopic (exact) mass is 290 g/mol. The van der Waals surface area contributed by atoms with Gasteiger partial charge in [-0.3, -0.25) is 4.68 Å². The van der Waals surface area contributed by atoms with Crippen LogP contribution in [0.5, 0.6) is 11.5 Å². The van der Waals surface area contributed by atoms with E-state index in [1.807, 2.05) is 45.0 Å². The van der Waals surface area contributed by atoms with Gasteiger partial charge in [0, 0.05) is 12.7 Å². The Morgan fingerprint density at radius 1 is 1.10 bits per heavy atom. The van der Waals surface area contributed by atoms with Crippen molar-refractivity contribution in [1.29, 1.82) is 0 Å². The van der Waals surface area contributed by atoms with Gasteiger partial charge in [0.2, 0.25) is 0 Å². The Kier molecular flexibility index (Phi) is 5.22. The van der Waals surface area contributed by atoms with Crippen LogP contribution in [0, 0.1) is 0 Å². The van der Waals surface area contributed by atoms with Gasteiger partial charge in [0.05, 0.1) is 18.9 Å². The fourth-order valence-corrected chi connectivity index (χ4v) is 2.25. The van der Waals surface area contributed by atoms with Crippen molar-refractivity contribution >= 4 is 0 Å². The molecule has 0 saturated heterocycles. The van der Waals surface area contributed by atoms with Crippen LogP contribution in [0.15, 0.2) is 30.5 Å². The van der Waals surface area contributed by atoms with Crippen LogP contribution in [0.4, 0.5) is 0 Å². The van der Waals surface area contributed by atoms with E-state index in [4.69, 9.17) is 9.47 Å². The highest BCUT2D eigenvalue weighted by atomic mass is 16.5. The van der Waals surface area contributed by atoms with Crippen LogP contribution in [0.2, 0.25) is 0 Å². The molecule has 1 heterocycles. The summed E-state index contributed by atoms with van der Waals surface area (Å²) in [4.78, 5) is 0. The summed E-state index contributed by atoms with van der Waals surface area (Å²) < 4.78 is 12.9. The molecule has 0 saturated carbocycles. The largest absolute Gasteiger partial charge is 0.490 e. The van der Waals surface area contributed by atoms with Crippen LogP contribution >= 0.6 is 0 Å². The molecule has 1 aromatic carbocycles. The zero-order chi connectivity index (χ0) is 15.2. The molecule has 1 atom stereocenters. The molecular formula is C16H22N2O3. The van der Waals surface area contributed by atoms with E-state index in [9.17, 15) is 5.11 Å². The lowest BCUT2D eigenvalue weighted by Gasteiger charge is -2.16. The van der Waals surface area contributed by atoms with Crippen LogP contribution in [-0.4, -0.2) is 28.1 Å². The lowest BCUT2D eigenvalue weighted by molar-refractivity contribution is 0.206. The van der Waals surface area contributed by atoms with E-state index in [1.165, 1.54) is 0 Å². The topological polar surface area (TPSA) is 56.5 Å². The van der Waals surface area contributed by atoms with E-state index in [2.05, 4.69) is 5.10 Å². The number of hydrogen-bond acceptors (Lipinski definition) is 4. The van der Waals surface area contributed by atoms with Crippen LogP contribution in [0.25, 0.3) is 0 Å². The molecule has 1 aromatic heterocycles. The number of aryl methyl sites for hydroxylation is 1. The number of benzene rings is 1. The Labute approximate surface area is 125 Å². The van der Waals surface area contributed by atoms with E-state index in [1.54, 1.807) is 10.9 Å². The van der Waals surface area contributed by atoms with Crippen molar-refractivity contribution < 1.29 is 14.6 Å². The molecule has 0 fully saturated rings. The summed E-state index contributed by atoms with van der Waals surface area (Å²) in [7, 11) is 0. The van der Waals surface area contributed by atoms with Crippen molar-refractivity contribution in [3.63, 3.8) is 0 Å². The predicted molar refractivity (Wildman–Crippen MR) is 80.7 cm³/mol. The van der Waals surface area contributed by atoms with Gasteiger partial charge in [-0.2, -0.15) is 5.10 Å². The minimum atomic E-state index is -0.734. The maximum Gasteiger partial charge on any atom is 0.161 e. The van der Waals surface area contributed by atoms with Crippen molar-refractivity contribution in [2.75, 3.05) is 13.2 Å². The number of ether oxygens (including phenoxy) is 2. The first-order valence-corrected chi connectivity index (χ1v) is 7.30. The molecule has 5 nitrogen and oxygen atoms in total. The van der Waals surface area contributed by atoms with Crippen LogP contribution < -0.4 is 9.47 Å². The van der Waals surface area contributed by atoms with Gasteiger partial charge in [-0.1, -0.05) is 6.07 Å². The third kappa shape index (κ3) is 3.36. The summed E-state index contributed by atoms with van der Waals surface area (Å²) in [6, 6.07) is 7.34. The Bertz CT molecular complexity index is 581. The summed E-state index contributed by atoms with van der Waals surface area (Å²) in [5, 5.41) is 14.7. The van der Waals surface area contributed by atoms with Crippen molar-refractivity contribution in [3.8, 4) is 11.5 Å². The summed E-state index contributed by atoms with van der Waals surface area (Å²) in [5.74, 6) is 1.35. The standard InChI is InChI=1S/C16H22N2O3/c1-4-18-13(9-10-17-18)16(19)12-7-8-14(20-5-2)15(11-12)21-6-3/h7-11,16,19H,4-6H2,1-3H3. The highest BCUT2D eigenvalue weighted by Gasteiger charge is 2.17. The lowest BCUT2D eigenvalue weighted by atomic mass is 10.1. The van der Waals surface area contributed by atoms with Gasteiger partial charge in [0.25, 0.3) is 0 Å². The van der Waals surface area contributed by atoms with Gasteiger partial charge in [-0.05, 0) is 44.5 Å². The molecule has 2 rings (SSSR count). The first-order valence-electron chi connectivity index (χ1n) is 7.30. The second kappa shape index (κ2) is 7.13. The number of aliphatic hydroxyl groups excluding tert-OH is 1. The summed E-state index contributed by atoms with van der Waals surface area (Å²) in [5.41, 5.74) is 1.53. The summed E-state index contributed by atoms with van der Waals surface area (Å²) in [6.45, 7) is 7.68. The maximum atomic E-state index is 10.5. The molecule has 5 heteroatoms. The summed E-state index contributed by atoms with van der Waals surface area (Å²) >= 11 is 0. The Balaban J connectivity index is 2.33. The Morgan fingerprint density at radius 2 is 1.81 bits per heavy atom. The van der Waals surface area contributed by atoms with E-state index in [-0.39, 0.29) is 0 Å². The summed E-state index contributed by atoms with van der Waals surface area (Å²) in [6.07, 6.45) is 0.961. The quantitative estimate of drug-likeness (QED) is 0.852. The second-order valence-corrected chi connectivity index (χ2v) is 4.55. The fourth-order valence-electron chi connectivity index (χ4n) is 2.25. The van der Waals surface area contributed by atoms with Crippen LogP contribution in [0.3, 0.4) is 0 Å². The number of nitrogens with zero attached hydrogens (tertiary/aromatic N) is 2. The average molecular weight is 290 g/mol. The lowest BCUT2D eigenvalue weighted by Crippen LogP contribution is -2.09. The highest BCUT2D eigenvalue weighted by molar-refractivity contribution is 5.44. The first-order chi connectivity index (χ1) is 10.2. The molecule has 0 spiro atoms. The molecule has 0 aliphatic heterocycles. The SMILES string of the molecule is CCOc1ccc(C(O)c2ccnn2CC)cc1OCC. The molecular weight excluding hydrogens is 268 g/mol. The Morgan fingerprint density at radius 3 is 2.48 bits per heavy atom. The predicted octanol–water partition coefficient (Wildman–Crippen LogP) is 2.78. The molecule has 21 heavy (non-hydrogen) atoms. The fraction of sp³-hybridized carbons (Fsp3) is 0.438. The van der Waals surface area contributed by atoms with E-state index < -0.39 is 6.10 Å². The molecule has 0 aliphatic carbocycles. The zero-order valence-corrected chi connectivity index (χ0v) is 12.7. The molecule has 2 aromatic rings. The number of rotatable bonds is 7. The molecule has 0 amide bonds. The molecule has 0 radical (unpaired) electrons. The minimum absolute atomic E-state index is 0.548. The first kappa shape index (κ1) is 15.4. The van der Waals surface area contributed by atoms with Crippen LogP contribution in [0.1, 0.15) is 38.1 Å². The van der Waals surface area contributed by atoms with Crippen molar-refractivity contribution in [2.45, 2.75) is 33.4 Å². The van der Waals surface area contributed by atoms with E-state index in [0.717, 1.165) is 17.8 Å². The zero-order valence-electron chi connectivity index (χ0n) is 12.7. The van der Waals surface area contributed by atoms with Crippen molar-refractivity contribution in [1.82, 2.24) is 9.78 Å². The number of aromatic nitrogens is 2. The minimum Gasteiger partial charge on any atom is -0.490 e. The number of hydrogen-bond donors (Lipinski definition) is 1. The van der Waals surface area contributed by atoms with Gasteiger partial charge in [0.1, 0.15) is 6.10 Å². The molecule has 114 valence electrons. The van der Waals surface area contributed by atoms with Crippen molar-refractivity contribution in [2.24, 2.45) is 0 Å². The molecule has 1 N–H and O–H groups in total. The second-order valence-electron chi connectivity index (χ2n) is 4.55. The average Bonchev–Trinajstić information content (AvgIpc) is 2.97. The van der Waals surface area contributed by atoms with Crippen LogP contribution in [-0.2, 0) is 6.54 Å². The van der Waals surface area contributed by atoms with Gasteiger partial charge in [-0.25, -0.2) is 0 Å². The van der Waals surface area contributed by atoms with E-state index in [0.29, 0.717) is 24.7 Å². The van der Waals surface area contributed by atoms with Gasteiger partial charge in [0.15, 0.2) is 11.5 Å². The smallest absolute Gasteiger partial charge is 0.161 e. The Hall–Kier alpha value is -2.01. The highest BCUT2D eigenvalue weighted by Crippen LogP contribution is 2.32. The molecule has 1 unspecified atom stereocenters. The normalized spacial score (nSPS) is 12.2. The third-order valence-electron chi connectivity index (χ3n) is 3.21. The number of aliphatic hydroxyl groups is 1. The third-order valence-corrected chi connectivity index (χ3v) is 3.21. The van der Waals surface area contributed by atoms with Gasteiger partial charge >= 0.3 is 0 Å². The molecule has 0 bridgehead atoms. The van der Waals surface area contributed by atoms with Crippen molar-refractivity contribution in [3.05, 3.63) is 41.7 Å². The maximum absolute atomic E-state index is 10.5. The van der Waals surface area contributed by atoms with E-state index >= 15 is 0 Å². The molecule has 0 aliphatic rings. The van der Waals surface area contributed by atoms with Gasteiger partial charge < -0.3 is 14.6 Å².